The van der Waals surface area contributed by atoms with Gasteiger partial charge in [0, 0.05) is 0 Å². The molecule has 1 aliphatic heterocycles. The van der Waals surface area contributed by atoms with E-state index >= 15 is 0 Å². The summed E-state index contributed by atoms with van der Waals surface area (Å²) in [6, 6.07) is 7.95. The van der Waals surface area contributed by atoms with Gasteiger partial charge in [-0.1, -0.05) is 12.1 Å². The van der Waals surface area contributed by atoms with Crippen LogP contribution in [0.15, 0.2) is 24.3 Å². The number of quaternary nitrogens is 1. The number of rotatable bonds is 5. The topological polar surface area (TPSA) is 74.8 Å². The fourth-order valence-electron chi connectivity index (χ4n) is 3.09. The summed E-state index contributed by atoms with van der Waals surface area (Å²) in [5, 5.41) is 0. The fourth-order valence-corrected chi connectivity index (χ4v) is 3.09. The second-order valence-electron chi connectivity index (χ2n) is 5.77. The molecular weight excluding hydrogens is 296 g/mol. The van der Waals surface area contributed by atoms with Gasteiger partial charge in [-0.15, -0.1) is 0 Å². The molecule has 0 aliphatic carbocycles. The quantitative estimate of drug-likeness (QED) is 0.525. The molecule has 3 rings (SSSR count). The molecule has 0 radical (unpaired) electrons. The molecule has 0 amide bonds. The third-order valence-corrected chi connectivity index (χ3v) is 4.42. The second kappa shape index (κ2) is 6.97. The standard InChI is InChI=1S/C16H22N4O3/c1-22-15(21)12-20-14-5-3-2-4-13(14)19(16(20)17)7-6-18-8-10-23-11-9-18/h2-5,17H,6-12H2,1H3/p+2. The van der Waals surface area contributed by atoms with E-state index in [0.717, 1.165) is 50.4 Å². The Balaban J connectivity index is 1.86. The number of benzene rings is 1. The predicted molar refractivity (Wildman–Crippen MR) is 84.9 cm³/mol. The number of carbonyl (C=O) groups is 1. The highest BCUT2D eigenvalue weighted by molar-refractivity contribution is 5.75. The van der Waals surface area contributed by atoms with Gasteiger partial charge in [-0.3, -0.25) is 5.73 Å². The molecule has 2 heterocycles. The van der Waals surface area contributed by atoms with Crippen molar-refractivity contribution in [2.45, 2.75) is 13.1 Å². The van der Waals surface area contributed by atoms with Crippen LogP contribution in [0.2, 0.25) is 0 Å². The highest BCUT2D eigenvalue weighted by atomic mass is 16.5. The Morgan fingerprint density at radius 3 is 2.87 bits per heavy atom. The summed E-state index contributed by atoms with van der Waals surface area (Å²) in [6.45, 7) is 5.63. The van der Waals surface area contributed by atoms with Crippen LogP contribution in [0.3, 0.4) is 0 Å². The zero-order valence-corrected chi connectivity index (χ0v) is 13.5. The van der Waals surface area contributed by atoms with Crippen molar-refractivity contribution in [2.24, 2.45) is 0 Å². The van der Waals surface area contributed by atoms with Crippen LogP contribution in [-0.4, -0.2) is 50.5 Å². The van der Waals surface area contributed by atoms with Gasteiger partial charge in [0.25, 0.3) is 0 Å². The summed E-state index contributed by atoms with van der Waals surface area (Å²) < 4.78 is 14.1. The van der Waals surface area contributed by atoms with Crippen LogP contribution < -0.4 is 15.2 Å². The van der Waals surface area contributed by atoms with E-state index in [4.69, 9.17) is 15.2 Å². The smallest absolute Gasteiger partial charge is 0.356 e. The number of aromatic nitrogens is 2. The molecule has 0 atom stereocenters. The van der Waals surface area contributed by atoms with Crippen molar-refractivity contribution in [1.29, 1.82) is 0 Å². The minimum absolute atomic E-state index is 0.125. The molecule has 0 spiro atoms. The van der Waals surface area contributed by atoms with Crippen molar-refractivity contribution in [3.05, 3.63) is 24.3 Å². The van der Waals surface area contributed by atoms with E-state index in [0.29, 0.717) is 5.95 Å². The number of nitrogens with two attached hydrogens (primary N) is 1. The van der Waals surface area contributed by atoms with Crippen molar-refractivity contribution in [1.82, 2.24) is 4.57 Å². The van der Waals surface area contributed by atoms with Gasteiger partial charge in [0.15, 0.2) is 6.54 Å². The molecule has 3 N–H and O–H groups in total. The van der Waals surface area contributed by atoms with Gasteiger partial charge >= 0.3 is 11.9 Å². The monoisotopic (exact) mass is 320 g/mol. The molecular formula is C16H24N4O3+2. The molecule has 0 saturated carbocycles. The lowest BCUT2D eigenvalue weighted by atomic mass is 10.3. The summed E-state index contributed by atoms with van der Waals surface area (Å²) in [5.74, 6) is 0.285. The third kappa shape index (κ3) is 3.30. The summed E-state index contributed by atoms with van der Waals surface area (Å²) in [6.07, 6.45) is 0. The average molecular weight is 320 g/mol. The second-order valence-corrected chi connectivity index (χ2v) is 5.77. The maximum Gasteiger partial charge on any atom is 0.356 e. The molecule has 1 aliphatic rings. The molecule has 7 nitrogen and oxygen atoms in total. The molecule has 1 aromatic heterocycles. The lowest BCUT2D eigenvalue weighted by Crippen LogP contribution is -3.14. The number of nitrogens with zero attached hydrogens (tertiary/aromatic N) is 2. The number of anilines is 1. The van der Waals surface area contributed by atoms with Crippen LogP contribution in [0.25, 0.3) is 11.0 Å². The number of fused-ring (bicyclic) bond motifs is 1. The first-order chi connectivity index (χ1) is 11.2. The largest absolute Gasteiger partial charge is 0.467 e. The Morgan fingerprint density at radius 2 is 2.13 bits per heavy atom. The molecule has 1 fully saturated rings. The van der Waals surface area contributed by atoms with Gasteiger partial charge in [-0.25, -0.2) is 13.9 Å². The first-order valence-corrected chi connectivity index (χ1v) is 7.95. The van der Waals surface area contributed by atoms with Gasteiger partial charge in [0.1, 0.15) is 37.2 Å². The minimum Gasteiger partial charge on any atom is -0.467 e. The SMILES string of the molecule is COC(=O)C[n+]1c(N)n(CC[NH+]2CCOCC2)c2ccccc21. The van der Waals surface area contributed by atoms with E-state index in [1.165, 1.54) is 12.0 Å². The van der Waals surface area contributed by atoms with E-state index in [-0.39, 0.29) is 12.5 Å². The third-order valence-electron chi connectivity index (χ3n) is 4.42. The summed E-state index contributed by atoms with van der Waals surface area (Å²) in [4.78, 5) is 13.2. The van der Waals surface area contributed by atoms with Crippen molar-refractivity contribution < 1.29 is 23.7 Å². The Labute approximate surface area is 135 Å². The molecule has 1 saturated heterocycles. The normalized spacial score (nSPS) is 15.9. The van der Waals surface area contributed by atoms with Gasteiger partial charge in [-0.2, -0.15) is 0 Å². The minimum atomic E-state index is -0.302. The number of nitrogens with one attached hydrogen (secondary N) is 1. The van der Waals surface area contributed by atoms with Crippen LogP contribution in [-0.2, 0) is 27.4 Å². The first kappa shape index (κ1) is 15.8. The highest BCUT2D eigenvalue weighted by Crippen LogP contribution is 2.15. The Morgan fingerprint density at radius 1 is 1.39 bits per heavy atom. The van der Waals surface area contributed by atoms with Crippen molar-refractivity contribution in [3.63, 3.8) is 0 Å². The molecule has 2 aromatic rings. The zero-order valence-electron chi connectivity index (χ0n) is 13.5. The average Bonchev–Trinajstić information content (AvgIpc) is 2.86. The lowest BCUT2D eigenvalue weighted by molar-refractivity contribution is -0.908. The summed E-state index contributed by atoms with van der Waals surface area (Å²) in [5.41, 5.74) is 8.31. The fraction of sp³-hybridized carbons (Fsp3) is 0.500. The van der Waals surface area contributed by atoms with E-state index in [9.17, 15) is 4.79 Å². The lowest BCUT2D eigenvalue weighted by Gasteiger charge is -2.23. The van der Waals surface area contributed by atoms with Crippen LogP contribution in [0.5, 0.6) is 0 Å². The highest BCUT2D eigenvalue weighted by Gasteiger charge is 2.24. The predicted octanol–water partition coefficient (Wildman–Crippen LogP) is -1.40. The Hall–Kier alpha value is -2.12. The number of nitrogen functional groups attached to an aromatic ring is 1. The number of para-hydroxylation sites is 2. The number of morpholine rings is 1. The summed E-state index contributed by atoms with van der Waals surface area (Å²) >= 11 is 0. The van der Waals surface area contributed by atoms with Crippen molar-refractivity contribution in [3.8, 4) is 0 Å². The van der Waals surface area contributed by atoms with Crippen LogP contribution in [0.4, 0.5) is 5.95 Å². The number of hydrogen-bond donors (Lipinski definition) is 2. The number of hydrogen-bond acceptors (Lipinski definition) is 4. The van der Waals surface area contributed by atoms with E-state index < -0.39 is 0 Å². The molecule has 0 unspecified atom stereocenters. The maximum absolute atomic E-state index is 11.7. The van der Waals surface area contributed by atoms with E-state index in [2.05, 4.69) is 4.57 Å². The molecule has 0 bridgehead atoms. The number of methoxy groups -OCH3 is 1. The Bertz CT molecular complexity index is 692. The number of imidazole rings is 1. The van der Waals surface area contributed by atoms with Crippen molar-refractivity contribution in [2.75, 3.05) is 45.7 Å². The van der Waals surface area contributed by atoms with Gasteiger partial charge in [0.2, 0.25) is 0 Å². The number of esters is 1. The van der Waals surface area contributed by atoms with Gasteiger partial charge in [0.05, 0.1) is 20.3 Å². The number of carbonyl (C=O) groups excluding carboxylic acids is 1. The molecule has 1 aromatic carbocycles. The van der Waals surface area contributed by atoms with E-state index in [1.807, 2.05) is 28.8 Å². The summed E-state index contributed by atoms with van der Waals surface area (Å²) in [7, 11) is 1.39. The molecule has 23 heavy (non-hydrogen) atoms. The molecule has 124 valence electrons. The van der Waals surface area contributed by atoms with Gasteiger partial charge in [-0.05, 0) is 12.1 Å². The van der Waals surface area contributed by atoms with Crippen LogP contribution in [0.1, 0.15) is 0 Å². The van der Waals surface area contributed by atoms with Gasteiger partial charge < -0.3 is 14.4 Å². The molecule has 7 heteroatoms. The Kier molecular flexibility index (Phi) is 4.78. The van der Waals surface area contributed by atoms with E-state index in [1.54, 1.807) is 0 Å². The van der Waals surface area contributed by atoms with Crippen molar-refractivity contribution >= 4 is 23.0 Å². The first-order valence-electron chi connectivity index (χ1n) is 7.95. The number of ether oxygens (including phenoxy) is 2. The van der Waals surface area contributed by atoms with Crippen LogP contribution >= 0.6 is 0 Å². The zero-order chi connectivity index (χ0) is 16.2. The van der Waals surface area contributed by atoms with Crippen LogP contribution in [0, 0.1) is 0 Å². The maximum atomic E-state index is 11.7.